The molecule has 23 heavy (non-hydrogen) atoms. The van der Waals surface area contributed by atoms with Crippen molar-refractivity contribution in [1.29, 1.82) is 0 Å². The van der Waals surface area contributed by atoms with Crippen molar-refractivity contribution in [2.24, 2.45) is 0 Å². The molecule has 0 aliphatic carbocycles. The topological polar surface area (TPSA) is 93.5 Å². The fourth-order valence-corrected chi connectivity index (χ4v) is 1.49. The number of aliphatic hydroxyl groups excluding tert-OH is 4. The smallest absolute Gasteiger partial charge is 0.104 e. The standard InChI is InChI=1S/C12H10.C3H8O3.C3H6O2/c1-3-7-11(8-4-1)12-9-5-2-6-10-12;4-1-3(6)2-5;4-1-3-2-5-3/h1-10H;3-6H,1-2H2;3-4H,1-2H2. The Hall–Kier alpha value is -1.76. The van der Waals surface area contributed by atoms with Crippen LogP contribution in [0.1, 0.15) is 0 Å². The molecule has 126 valence electrons. The highest BCUT2D eigenvalue weighted by atomic mass is 16.6. The van der Waals surface area contributed by atoms with Gasteiger partial charge in [-0.2, -0.15) is 0 Å². The minimum Gasteiger partial charge on any atom is -0.394 e. The molecule has 0 radical (unpaired) electrons. The van der Waals surface area contributed by atoms with Crippen LogP contribution >= 0.6 is 0 Å². The number of hydrogen-bond donors (Lipinski definition) is 4. The maximum absolute atomic E-state index is 8.17. The molecule has 0 bridgehead atoms. The second kappa shape index (κ2) is 11.8. The van der Waals surface area contributed by atoms with Gasteiger partial charge in [-0.15, -0.1) is 0 Å². The van der Waals surface area contributed by atoms with Crippen LogP contribution in [0.3, 0.4) is 0 Å². The van der Waals surface area contributed by atoms with Crippen molar-refractivity contribution in [2.75, 3.05) is 26.4 Å². The molecule has 1 saturated heterocycles. The molecule has 4 N–H and O–H groups in total. The van der Waals surface area contributed by atoms with E-state index < -0.39 is 6.10 Å². The van der Waals surface area contributed by atoms with Gasteiger partial charge in [0.1, 0.15) is 12.2 Å². The molecule has 1 heterocycles. The molecule has 0 saturated carbocycles. The molecule has 3 rings (SSSR count). The molecule has 1 atom stereocenters. The van der Waals surface area contributed by atoms with Gasteiger partial charge in [0.05, 0.1) is 26.4 Å². The average Bonchev–Trinajstić information content (AvgIpc) is 3.48. The van der Waals surface area contributed by atoms with Crippen LogP contribution in [0.15, 0.2) is 60.7 Å². The zero-order valence-electron chi connectivity index (χ0n) is 13.0. The molecule has 1 fully saturated rings. The second-order valence-electron chi connectivity index (χ2n) is 4.89. The summed E-state index contributed by atoms with van der Waals surface area (Å²) in [6.07, 6.45) is -0.764. The molecule has 1 unspecified atom stereocenters. The normalized spacial score (nSPS) is 15.1. The molecule has 0 aromatic heterocycles. The Morgan fingerprint density at radius 2 is 1.22 bits per heavy atom. The van der Waals surface area contributed by atoms with E-state index in [4.69, 9.17) is 20.4 Å². The van der Waals surface area contributed by atoms with Crippen LogP contribution < -0.4 is 0 Å². The SMILES string of the molecule is OCC(O)CO.OCC1CO1.c1ccc(-c2ccccc2)cc1. The highest BCUT2D eigenvalue weighted by Gasteiger charge is 2.19. The van der Waals surface area contributed by atoms with Crippen LogP contribution in [0.25, 0.3) is 11.1 Å². The zero-order chi connectivity index (χ0) is 16.9. The summed E-state index contributed by atoms with van der Waals surface area (Å²) < 4.78 is 4.61. The monoisotopic (exact) mass is 320 g/mol. The quantitative estimate of drug-likeness (QED) is 0.632. The summed E-state index contributed by atoms with van der Waals surface area (Å²) in [4.78, 5) is 0. The van der Waals surface area contributed by atoms with Crippen molar-refractivity contribution in [3.05, 3.63) is 60.7 Å². The highest BCUT2D eigenvalue weighted by molar-refractivity contribution is 5.62. The molecular weight excluding hydrogens is 296 g/mol. The van der Waals surface area contributed by atoms with E-state index in [1.54, 1.807) is 0 Å². The predicted molar refractivity (Wildman–Crippen MR) is 88.9 cm³/mol. The van der Waals surface area contributed by atoms with Crippen LogP contribution in [-0.4, -0.2) is 59.1 Å². The molecule has 2 aromatic rings. The minimum absolute atomic E-state index is 0.190. The summed E-state index contributed by atoms with van der Waals surface area (Å²) in [5.74, 6) is 0. The lowest BCUT2D eigenvalue weighted by molar-refractivity contribution is 0.0450. The lowest BCUT2D eigenvalue weighted by Crippen LogP contribution is -2.15. The van der Waals surface area contributed by atoms with Crippen molar-refractivity contribution in [3.63, 3.8) is 0 Å². The Balaban J connectivity index is 0.000000202. The Bertz CT molecular complexity index is 458. The number of rotatable bonds is 4. The van der Waals surface area contributed by atoms with Gasteiger partial charge in [0.15, 0.2) is 0 Å². The lowest BCUT2D eigenvalue weighted by Gasteiger charge is -1.98. The van der Waals surface area contributed by atoms with Crippen LogP contribution in [0.2, 0.25) is 0 Å². The lowest BCUT2D eigenvalue weighted by atomic mass is 10.1. The fourth-order valence-electron chi connectivity index (χ4n) is 1.49. The Morgan fingerprint density at radius 3 is 1.39 bits per heavy atom. The molecule has 5 nitrogen and oxygen atoms in total. The van der Waals surface area contributed by atoms with E-state index in [0.717, 1.165) is 6.61 Å². The molecule has 0 amide bonds. The van der Waals surface area contributed by atoms with E-state index in [9.17, 15) is 0 Å². The molecule has 1 aliphatic rings. The fraction of sp³-hybridized carbons (Fsp3) is 0.333. The summed E-state index contributed by atoms with van der Waals surface area (Å²) in [5.41, 5.74) is 2.55. The van der Waals surface area contributed by atoms with E-state index >= 15 is 0 Å². The summed E-state index contributed by atoms with van der Waals surface area (Å²) in [6, 6.07) is 20.8. The Morgan fingerprint density at radius 1 is 0.826 bits per heavy atom. The van der Waals surface area contributed by atoms with Gasteiger partial charge in [0.25, 0.3) is 0 Å². The van der Waals surface area contributed by atoms with Crippen LogP contribution in [-0.2, 0) is 4.74 Å². The van der Waals surface area contributed by atoms with E-state index in [-0.39, 0.29) is 25.9 Å². The van der Waals surface area contributed by atoms with Crippen molar-refractivity contribution in [3.8, 4) is 11.1 Å². The first-order valence-electron chi connectivity index (χ1n) is 7.44. The number of benzene rings is 2. The summed E-state index contributed by atoms with van der Waals surface area (Å²) >= 11 is 0. The maximum Gasteiger partial charge on any atom is 0.104 e. The van der Waals surface area contributed by atoms with Gasteiger partial charge in [0, 0.05) is 0 Å². The minimum atomic E-state index is -0.954. The third-order valence-electron chi connectivity index (χ3n) is 2.91. The van der Waals surface area contributed by atoms with Crippen molar-refractivity contribution in [2.45, 2.75) is 12.2 Å². The van der Waals surface area contributed by atoms with Crippen molar-refractivity contribution < 1.29 is 25.2 Å². The van der Waals surface area contributed by atoms with Gasteiger partial charge in [-0.3, -0.25) is 0 Å². The first kappa shape index (κ1) is 19.3. The molecule has 5 heteroatoms. The predicted octanol–water partition coefficient (Wildman–Crippen LogP) is 1.06. The van der Waals surface area contributed by atoms with Crippen molar-refractivity contribution >= 4 is 0 Å². The maximum atomic E-state index is 8.17. The van der Waals surface area contributed by atoms with Crippen molar-refractivity contribution in [1.82, 2.24) is 0 Å². The van der Waals surface area contributed by atoms with Crippen LogP contribution in [0.4, 0.5) is 0 Å². The number of hydrogen-bond acceptors (Lipinski definition) is 5. The summed E-state index contributed by atoms with van der Waals surface area (Å²) in [5, 5.41) is 32.1. The van der Waals surface area contributed by atoms with E-state index in [2.05, 4.69) is 53.3 Å². The third-order valence-corrected chi connectivity index (χ3v) is 2.91. The third kappa shape index (κ3) is 9.07. The molecule has 2 aromatic carbocycles. The first-order chi connectivity index (χ1) is 11.2. The number of aliphatic hydroxyl groups is 4. The van der Waals surface area contributed by atoms with Crippen LogP contribution in [0, 0.1) is 0 Å². The summed E-state index contributed by atoms with van der Waals surface area (Å²) in [7, 11) is 0. The Labute approximate surface area is 136 Å². The van der Waals surface area contributed by atoms with E-state index in [1.165, 1.54) is 11.1 Å². The second-order valence-corrected chi connectivity index (χ2v) is 4.89. The van der Waals surface area contributed by atoms with Gasteiger partial charge in [-0.05, 0) is 11.1 Å². The first-order valence-corrected chi connectivity index (χ1v) is 7.44. The number of ether oxygens (including phenoxy) is 1. The zero-order valence-corrected chi connectivity index (χ0v) is 13.0. The average molecular weight is 320 g/mol. The molecule has 0 spiro atoms. The van der Waals surface area contributed by atoms with Gasteiger partial charge < -0.3 is 25.2 Å². The van der Waals surface area contributed by atoms with E-state index in [0.29, 0.717) is 0 Å². The van der Waals surface area contributed by atoms with E-state index in [1.807, 2.05) is 12.1 Å². The molecule has 1 aliphatic heterocycles. The van der Waals surface area contributed by atoms with Gasteiger partial charge in [-0.1, -0.05) is 60.7 Å². The number of epoxide rings is 1. The largest absolute Gasteiger partial charge is 0.394 e. The van der Waals surface area contributed by atoms with Gasteiger partial charge in [-0.25, -0.2) is 0 Å². The van der Waals surface area contributed by atoms with Gasteiger partial charge in [0.2, 0.25) is 0 Å². The highest BCUT2D eigenvalue weighted by Crippen LogP contribution is 2.17. The Kier molecular flexibility index (Phi) is 9.86. The summed E-state index contributed by atoms with van der Waals surface area (Å²) in [6.45, 7) is 0.226. The van der Waals surface area contributed by atoms with Gasteiger partial charge >= 0.3 is 0 Å². The molecular formula is C18H24O5. The van der Waals surface area contributed by atoms with Crippen LogP contribution in [0.5, 0.6) is 0 Å².